The van der Waals surface area contributed by atoms with Gasteiger partial charge in [0.1, 0.15) is 5.82 Å². The van der Waals surface area contributed by atoms with Gasteiger partial charge in [0, 0.05) is 21.8 Å². The maximum atomic E-state index is 13.6. The summed E-state index contributed by atoms with van der Waals surface area (Å²) in [5, 5.41) is 3.43. The number of benzene rings is 2. The molecule has 2 aromatic carbocycles. The summed E-state index contributed by atoms with van der Waals surface area (Å²) in [6.07, 6.45) is 0. The van der Waals surface area contributed by atoms with Crippen molar-refractivity contribution in [2.24, 2.45) is 0 Å². The van der Waals surface area contributed by atoms with E-state index in [2.05, 4.69) is 5.32 Å². The number of nitrogens with one attached hydrogen (secondary N) is 1. The van der Waals surface area contributed by atoms with Crippen LogP contribution in [0.4, 0.5) is 10.1 Å². The first-order chi connectivity index (χ1) is 9.88. The van der Waals surface area contributed by atoms with Crippen LogP contribution in [0.1, 0.15) is 34.5 Å². The topological polar surface area (TPSA) is 55.1 Å². The van der Waals surface area contributed by atoms with Crippen molar-refractivity contribution in [1.82, 2.24) is 5.32 Å². The molecule has 0 aromatic heterocycles. The van der Waals surface area contributed by atoms with Crippen LogP contribution in [0.25, 0.3) is 0 Å². The average Bonchev–Trinajstić information content (AvgIpc) is 2.44. The lowest BCUT2D eigenvalue weighted by Crippen LogP contribution is -2.26. The number of amides is 1. The first-order valence-electron chi connectivity index (χ1n) is 6.50. The molecular formula is C16H16ClFN2O. The van der Waals surface area contributed by atoms with Gasteiger partial charge < -0.3 is 11.1 Å². The molecule has 3 N–H and O–H groups in total. The number of rotatable bonds is 3. The minimum Gasteiger partial charge on any atom is -0.398 e. The molecule has 0 saturated carbocycles. The highest BCUT2D eigenvalue weighted by molar-refractivity contribution is 6.30. The second-order valence-electron chi connectivity index (χ2n) is 4.92. The lowest BCUT2D eigenvalue weighted by atomic mass is 10.1. The van der Waals surface area contributed by atoms with Crippen LogP contribution in [0.3, 0.4) is 0 Å². The van der Waals surface area contributed by atoms with Crippen LogP contribution < -0.4 is 11.1 Å². The molecule has 0 aliphatic heterocycles. The van der Waals surface area contributed by atoms with Gasteiger partial charge in [0.05, 0.1) is 6.04 Å². The molecule has 2 aromatic rings. The van der Waals surface area contributed by atoms with E-state index in [9.17, 15) is 9.18 Å². The molecule has 0 spiro atoms. The van der Waals surface area contributed by atoms with Crippen molar-refractivity contribution in [3.05, 3.63) is 63.9 Å². The molecule has 1 atom stereocenters. The van der Waals surface area contributed by atoms with Crippen LogP contribution in [0, 0.1) is 12.7 Å². The minimum atomic E-state index is -0.487. The Hall–Kier alpha value is -2.07. The number of nitrogen functional groups attached to an aromatic ring is 1. The lowest BCUT2D eigenvalue weighted by Gasteiger charge is -2.15. The molecule has 0 saturated heterocycles. The molecule has 21 heavy (non-hydrogen) atoms. The Balaban J connectivity index is 2.16. The smallest absolute Gasteiger partial charge is 0.251 e. The fourth-order valence-corrected chi connectivity index (χ4v) is 2.07. The average molecular weight is 307 g/mol. The van der Waals surface area contributed by atoms with E-state index < -0.39 is 5.82 Å². The van der Waals surface area contributed by atoms with E-state index in [1.165, 1.54) is 12.1 Å². The third kappa shape index (κ3) is 3.52. The summed E-state index contributed by atoms with van der Waals surface area (Å²) in [4.78, 5) is 12.2. The van der Waals surface area contributed by atoms with E-state index in [4.69, 9.17) is 17.3 Å². The van der Waals surface area contributed by atoms with Crippen molar-refractivity contribution in [1.29, 1.82) is 0 Å². The molecule has 1 amide bonds. The number of hydrogen-bond donors (Lipinski definition) is 2. The fraction of sp³-hybridized carbons (Fsp3) is 0.188. The van der Waals surface area contributed by atoms with Crippen LogP contribution >= 0.6 is 11.6 Å². The lowest BCUT2D eigenvalue weighted by molar-refractivity contribution is 0.0939. The zero-order valence-electron chi connectivity index (χ0n) is 11.8. The summed E-state index contributed by atoms with van der Waals surface area (Å²) in [6.45, 7) is 3.41. The number of anilines is 1. The molecular weight excluding hydrogens is 291 g/mol. The molecule has 0 fully saturated rings. The Labute approximate surface area is 127 Å². The van der Waals surface area contributed by atoms with Crippen molar-refractivity contribution in [2.75, 3.05) is 5.73 Å². The van der Waals surface area contributed by atoms with Gasteiger partial charge in [0.2, 0.25) is 0 Å². The number of halogens is 2. The van der Waals surface area contributed by atoms with E-state index >= 15 is 0 Å². The molecule has 0 heterocycles. The van der Waals surface area contributed by atoms with Crippen LogP contribution in [0.5, 0.6) is 0 Å². The normalized spacial score (nSPS) is 12.0. The van der Waals surface area contributed by atoms with E-state index in [1.807, 2.05) is 19.1 Å². The predicted octanol–water partition coefficient (Wildman–Crippen LogP) is 3.86. The first-order valence-corrected chi connectivity index (χ1v) is 6.88. The first kappa shape index (κ1) is 15.3. The van der Waals surface area contributed by atoms with Crippen molar-refractivity contribution in [2.45, 2.75) is 19.9 Å². The quantitative estimate of drug-likeness (QED) is 0.846. The Kier molecular flexibility index (Phi) is 4.48. The van der Waals surface area contributed by atoms with Gasteiger partial charge in [0.25, 0.3) is 5.91 Å². The molecule has 110 valence electrons. The number of nitrogens with two attached hydrogens (primary N) is 1. The van der Waals surface area contributed by atoms with Crippen molar-refractivity contribution in [3.63, 3.8) is 0 Å². The zero-order valence-corrected chi connectivity index (χ0v) is 12.5. The van der Waals surface area contributed by atoms with Crippen molar-refractivity contribution >= 4 is 23.2 Å². The van der Waals surface area contributed by atoms with E-state index in [0.717, 1.165) is 5.56 Å². The Morgan fingerprint density at radius 2 is 1.90 bits per heavy atom. The second-order valence-corrected chi connectivity index (χ2v) is 5.36. The molecule has 0 aliphatic carbocycles. The third-order valence-electron chi connectivity index (χ3n) is 3.36. The van der Waals surface area contributed by atoms with Gasteiger partial charge in [-0.25, -0.2) is 4.39 Å². The van der Waals surface area contributed by atoms with Crippen LogP contribution in [-0.4, -0.2) is 5.91 Å². The molecule has 1 unspecified atom stereocenters. The summed E-state index contributed by atoms with van der Waals surface area (Å²) in [7, 11) is 0. The van der Waals surface area contributed by atoms with Crippen LogP contribution in [0.2, 0.25) is 5.02 Å². The summed E-state index contributed by atoms with van der Waals surface area (Å²) in [5.74, 6) is -0.859. The largest absolute Gasteiger partial charge is 0.398 e. The predicted molar refractivity (Wildman–Crippen MR) is 82.9 cm³/mol. The molecule has 5 heteroatoms. The highest BCUT2D eigenvalue weighted by Gasteiger charge is 2.14. The maximum Gasteiger partial charge on any atom is 0.251 e. The maximum absolute atomic E-state index is 13.6. The van der Waals surface area contributed by atoms with Crippen molar-refractivity contribution in [3.8, 4) is 0 Å². The fourth-order valence-electron chi connectivity index (χ4n) is 1.95. The van der Waals surface area contributed by atoms with Crippen molar-refractivity contribution < 1.29 is 9.18 Å². The van der Waals surface area contributed by atoms with Crippen LogP contribution in [0.15, 0.2) is 36.4 Å². The molecule has 0 bridgehead atoms. The third-order valence-corrected chi connectivity index (χ3v) is 3.62. The van der Waals surface area contributed by atoms with Gasteiger partial charge in [-0.05, 0) is 43.7 Å². The molecule has 3 nitrogen and oxygen atoms in total. The standard InChI is InChI=1S/C16H16ClFN2O/c1-9-14(18)7-12(8-15(9)19)16(21)20-10(2)11-3-5-13(17)6-4-11/h3-8,10H,19H2,1-2H3,(H,20,21). The van der Waals surface area contributed by atoms with Crippen LogP contribution in [-0.2, 0) is 0 Å². The minimum absolute atomic E-state index is 0.205. The summed E-state index contributed by atoms with van der Waals surface area (Å²) in [5.41, 5.74) is 7.41. The monoisotopic (exact) mass is 306 g/mol. The highest BCUT2D eigenvalue weighted by atomic mass is 35.5. The molecule has 0 radical (unpaired) electrons. The Morgan fingerprint density at radius 1 is 1.29 bits per heavy atom. The summed E-state index contributed by atoms with van der Waals surface area (Å²) in [6, 6.07) is 9.61. The zero-order chi connectivity index (χ0) is 15.6. The summed E-state index contributed by atoms with van der Waals surface area (Å²) < 4.78 is 13.6. The Morgan fingerprint density at radius 3 is 2.48 bits per heavy atom. The molecule has 0 aliphatic rings. The van der Waals surface area contributed by atoms with Gasteiger partial charge in [-0.2, -0.15) is 0 Å². The van der Waals surface area contributed by atoms with Gasteiger partial charge in [-0.3, -0.25) is 4.79 Å². The Bertz CT molecular complexity index is 647. The van der Waals surface area contributed by atoms with Gasteiger partial charge in [0.15, 0.2) is 0 Å². The second kappa shape index (κ2) is 6.14. The van der Waals surface area contributed by atoms with E-state index in [1.54, 1.807) is 19.1 Å². The van der Waals surface area contributed by atoms with Gasteiger partial charge in [-0.15, -0.1) is 0 Å². The van der Waals surface area contributed by atoms with E-state index in [0.29, 0.717) is 10.6 Å². The highest BCUT2D eigenvalue weighted by Crippen LogP contribution is 2.20. The van der Waals surface area contributed by atoms with Gasteiger partial charge in [-0.1, -0.05) is 23.7 Å². The molecule has 2 rings (SSSR count). The van der Waals surface area contributed by atoms with Gasteiger partial charge >= 0.3 is 0 Å². The SMILES string of the molecule is Cc1c(N)cc(C(=O)NC(C)c2ccc(Cl)cc2)cc1F. The number of carbonyl (C=O) groups is 1. The number of hydrogen-bond acceptors (Lipinski definition) is 2. The summed E-state index contributed by atoms with van der Waals surface area (Å²) >= 11 is 5.82. The van der Waals surface area contributed by atoms with E-state index in [-0.39, 0.29) is 23.2 Å². The number of carbonyl (C=O) groups excluding carboxylic acids is 1.